The molecule has 0 aromatic carbocycles. The zero-order valence-corrected chi connectivity index (χ0v) is 6.01. The van der Waals surface area contributed by atoms with Gasteiger partial charge in [-0.1, -0.05) is 7.43 Å². The van der Waals surface area contributed by atoms with Crippen LogP contribution in [0.25, 0.3) is 11.2 Å². The molecule has 0 aliphatic rings. The average Bonchev–Trinajstić information content (AvgIpc) is 2.34. The lowest BCUT2D eigenvalue weighted by molar-refractivity contribution is 1.15. The van der Waals surface area contributed by atoms with Crippen LogP contribution in [-0.4, -0.2) is 19.9 Å². The van der Waals surface area contributed by atoms with E-state index in [1.165, 1.54) is 6.33 Å². The minimum absolute atomic E-state index is 0. The number of hydrogen-bond acceptors (Lipinski definition) is 3. The highest BCUT2D eigenvalue weighted by Crippen LogP contribution is 2.02. The Balaban J connectivity index is 0.000000720. The van der Waals surface area contributed by atoms with Gasteiger partial charge in [0.1, 0.15) is 0 Å². The van der Waals surface area contributed by atoms with Crippen LogP contribution in [0.3, 0.4) is 0 Å². The number of halogens is 1. The smallest absolute Gasteiger partial charge is 0.277 e. The van der Waals surface area contributed by atoms with E-state index in [2.05, 4.69) is 19.9 Å². The second-order valence-electron chi connectivity index (χ2n) is 1.96. The lowest BCUT2D eigenvalue weighted by Crippen LogP contribution is -2.07. The van der Waals surface area contributed by atoms with E-state index in [4.69, 9.17) is 11.6 Å². The topological polar surface area (TPSA) is 74.4 Å². The van der Waals surface area contributed by atoms with E-state index in [-0.39, 0.29) is 18.3 Å². The lowest BCUT2D eigenvalue weighted by Gasteiger charge is -1.87. The van der Waals surface area contributed by atoms with Crippen LogP contribution in [0.2, 0.25) is 5.28 Å². The van der Waals surface area contributed by atoms with Crippen molar-refractivity contribution < 1.29 is 0 Å². The molecule has 6 heteroatoms. The highest BCUT2D eigenvalue weighted by Gasteiger charge is 2.02. The van der Waals surface area contributed by atoms with Gasteiger partial charge < -0.3 is 4.98 Å². The molecule has 0 saturated heterocycles. The summed E-state index contributed by atoms with van der Waals surface area (Å²) in [7, 11) is 0. The minimum Gasteiger partial charge on any atom is -0.339 e. The first kappa shape index (κ1) is 8.73. The van der Waals surface area contributed by atoms with Gasteiger partial charge in [-0.3, -0.25) is 9.78 Å². The number of hydrogen-bond donors (Lipinski definition) is 2. The molecule has 0 radical (unpaired) electrons. The van der Waals surface area contributed by atoms with Gasteiger partial charge in [-0.05, 0) is 11.6 Å². The molecule has 0 aliphatic carbocycles. The van der Waals surface area contributed by atoms with E-state index in [0.717, 1.165) is 0 Å². The number of aromatic amines is 2. The lowest BCUT2D eigenvalue weighted by atomic mass is 10.6. The predicted octanol–water partition coefficient (Wildman–Crippen LogP) is 0.936. The molecule has 0 bridgehead atoms. The van der Waals surface area contributed by atoms with Gasteiger partial charge in [-0.25, -0.2) is 4.98 Å². The van der Waals surface area contributed by atoms with Crippen molar-refractivity contribution in [1.29, 1.82) is 0 Å². The Kier molecular flexibility index (Phi) is 2.14. The summed E-state index contributed by atoms with van der Waals surface area (Å²) in [6.07, 6.45) is 1.39. The first-order valence-electron chi connectivity index (χ1n) is 2.86. The second-order valence-corrected chi connectivity index (χ2v) is 2.32. The summed E-state index contributed by atoms with van der Waals surface area (Å²) in [5, 5.41) is 0.0506. The third-order valence-electron chi connectivity index (χ3n) is 1.27. The van der Waals surface area contributed by atoms with Gasteiger partial charge in [0.2, 0.25) is 5.28 Å². The predicted molar refractivity (Wildman–Crippen MR) is 46.3 cm³/mol. The number of nitrogens with zero attached hydrogens (tertiary/aromatic N) is 2. The van der Waals surface area contributed by atoms with E-state index in [1.54, 1.807) is 0 Å². The van der Waals surface area contributed by atoms with Gasteiger partial charge >= 0.3 is 0 Å². The molecule has 0 atom stereocenters. The van der Waals surface area contributed by atoms with Crippen LogP contribution >= 0.6 is 11.6 Å². The van der Waals surface area contributed by atoms with Gasteiger partial charge in [-0.2, -0.15) is 4.98 Å². The Bertz CT molecular complexity index is 446. The third kappa shape index (κ3) is 1.18. The van der Waals surface area contributed by atoms with Crippen LogP contribution in [0.5, 0.6) is 0 Å². The zero-order valence-electron chi connectivity index (χ0n) is 5.26. The van der Waals surface area contributed by atoms with Crippen molar-refractivity contribution in [2.45, 2.75) is 7.43 Å². The molecule has 2 aromatic heterocycles. The molecule has 0 saturated carbocycles. The van der Waals surface area contributed by atoms with E-state index in [9.17, 15) is 4.79 Å². The van der Waals surface area contributed by atoms with Gasteiger partial charge in [0.05, 0.1) is 6.33 Å². The van der Waals surface area contributed by atoms with Gasteiger partial charge in [0.25, 0.3) is 5.56 Å². The van der Waals surface area contributed by atoms with Gasteiger partial charge in [0, 0.05) is 0 Å². The number of rotatable bonds is 0. The van der Waals surface area contributed by atoms with Crippen molar-refractivity contribution in [3.05, 3.63) is 22.0 Å². The number of imidazole rings is 1. The standard InChI is InChI=1S/C5H3ClN4O.CH4/c6-5-9-3-2(4(11)10-5)7-1-8-3;/h1H,(H2,7,8,9,10,11);1H4. The third-order valence-corrected chi connectivity index (χ3v) is 1.45. The van der Waals surface area contributed by atoms with Gasteiger partial charge in [-0.15, -0.1) is 0 Å². The normalized spacial score (nSPS) is 9.75. The fourth-order valence-corrected chi connectivity index (χ4v) is 0.982. The minimum atomic E-state index is -0.308. The maximum absolute atomic E-state index is 11.0. The Morgan fingerprint density at radius 2 is 2.25 bits per heavy atom. The van der Waals surface area contributed by atoms with Crippen LogP contribution in [-0.2, 0) is 0 Å². The van der Waals surface area contributed by atoms with Crippen molar-refractivity contribution in [1.82, 2.24) is 19.9 Å². The summed E-state index contributed by atoms with van der Waals surface area (Å²) in [6, 6.07) is 0. The van der Waals surface area contributed by atoms with Crippen LogP contribution in [0.15, 0.2) is 11.1 Å². The molecule has 0 fully saturated rings. The molecular formula is C6H7ClN4O. The second kappa shape index (κ2) is 2.94. The quantitative estimate of drug-likeness (QED) is 0.602. The monoisotopic (exact) mass is 186 g/mol. The molecule has 2 heterocycles. The Hall–Kier alpha value is -1.36. The van der Waals surface area contributed by atoms with Crippen LogP contribution in [0.1, 0.15) is 7.43 Å². The first-order chi connectivity index (χ1) is 5.27. The zero-order chi connectivity index (χ0) is 7.84. The molecule has 0 aliphatic heterocycles. The molecule has 5 nitrogen and oxygen atoms in total. The van der Waals surface area contributed by atoms with E-state index in [0.29, 0.717) is 11.2 Å². The van der Waals surface area contributed by atoms with E-state index < -0.39 is 0 Å². The fraction of sp³-hybridized carbons (Fsp3) is 0.167. The van der Waals surface area contributed by atoms with E-state index >= 15 is 0 Å². The summed E-state index contributed by atoms with van der Waals surface area (Å²) in [6.45, 7) is 0. The van der Waals surface area contributed by atoms with Crippen molar-refractivity contribution >= 4 is 22.8 Å². The number of fused-ring (bicyclic) bond motifs is 1. The Morgan fingerprint density at radius 1 is 1.50 bits per heavy atom. The van der Waals surface area contributed by atoms with Crippen LogP contribution in [0.4, 0.5) is 0 Å². The summed E-state index contributed by atoms with van der Waals surface area (Å²) in [5.74, 6) is 0. The van der Waals surface area contributed by atoms with Crippen LogP contribution in [0, 0.1) is 0 Å². The summed E-state index contributed by atoms with van der Waals surface area (Å²) < 4.78 is 0. The highest BCUT2D eigenvalue weighted by molar-refractivity contribution is 6.28. The molecule has 2 rings (SSSR count). The molecule has 2 aromatic rings. The summed E-state index contributed by atoms with van der Waals surface area (Å²) in [4.78, 5) is 23.5. The Morgan fingerprint density at radius 3 is 3.00 bits per heavy atom. The largest absolute Gasteiger partial charge is 0.339 e. The fourth-order valence-electron chi connectivity index (χ4n) is 0.816. The summed E-state index contributed by atoms with van der Waals surface area (Å²) in [5.41, 5.74) is 0.366. The molecule has 0 unspecified atom stereocenters. The van der Waals surface area contributed by atoms with Crippen molar-refractivity contribution in [3.63, 3.8) is 0 Å². The van der Waals surface area contributed by atoms with Crippen LogP contribution < -0.4 is 5.56 Å². The number of nitrogens with one attached hydrogen (secondary N) is 2. The van der Waals surface area contributed by atoms with E-state index in [1.807, 2.05) is 0 Å². The molecule has 12 heavy (non-hydrogen) atoms. The van der Waals surface area contributed by atoms with Crippen molar-refractivity contribution in [2.75, 3.05) is 0 Å². The maximum Gasteiger partial charge on any atom is 0.277 e. The SMILES string of the molecule is C.O=c1[nH]c(Cl)nc2nc[nH]c12. The average molecular weight is 187 g/mol. The Labute approximate surface area is 72.8 Å². The van der Waals surface area contributed by atoms with Crippen molar-refractivity contribution in [2.24, 2.45) is 0 Å². The number of aromatic nitrogens is 4. The van der Waals surface area contributed by atoms with Crippen molar-refractivity contribution in [3.8, 4) is 0 Å². The molecular weight excluding hydrogens is 180 g/mol. The molecule has 0 amide bonds. The van der Waals surface area contributed by atoms with Gasteiger partial charge in [0.15, 0.2) is 11.2 Å². The molecule has 0 spiro atoms. The maximum atomic E-state index is 11.0. The molecule has 2 N–H and O–H groups in total. The highest BCUT2D eigenvalue weighted by atomic mass is 35.5. The molecule has 64 valence electrons. The number of H-pyrrole nitrogens is 2. The summed E-state index contributed by atoms with van der Waals surface area (Å²) >= 11 is 5.46. The first-order valence-corrected chi connectivity index (χ1v) is 3.24.